The van der Waals surface area contributed by atoms with Crippen LogP contribution in [0.2, 0.25) is 5.02 Å². The molecule has 6 heteroatoms. The van der Waals surface area contributed by atoms with Crippen molar-refractivity contribution in [3.05, 3.63) is 52.9 Å². The smallest absolute Gasteiger partial charge is 0.255 e. The Morgan fingerprint density at radius 3 is 2.86 bits per heavy atom. The normalized spacial score (nSPS) is 13.7. The lowest BCUT2D eigenvalue weighted by atomic mass is 10.2. The van der Waals surface area contributed by atoms with Crippen molar-refractivity contribution in [2.45, 2.75) is 12.8 Å². The molecule has 1 saturated carbocycles. The van der Waals surface area contributed by atoms with Crippen LogP contribution in [0.25, 0.3) is 0 Å². The number of carbonyl (C=O) groups is 1. The van der Waals surface area contributed by atoms with Crippen LogP contribution in [0.1, 0.15) is 23.2 Å². The Hall–Kier alpha value is -2.14. The summed E-state index contributed by atoms with van der Waals surface area (Å²) in [5.41, 5.74) is 0.925. The number of rotatable bonds is 5. The fourth-order valence-electron chi connectivity index (χ4n) is 2.02. The van der Waals surface area contributed by atoms with E-state index in [2.05, 4.69) is 15.6 Å². The third kappa shape index (κ3) is 3.74. The molecule has 0 bridgehead atoms. The number of hydrogen-bond acceptors (Lipinski definition) is 3. The van der Waals surface area contributed by atoms with Crippen LogP contribution in [0, 0.1) is 11.7 Å². The molecule has 114 valence electrons. The minimum absolute atomic E-state index is 0.0284. The van der Waals surface area contributed by atoms with Gasteiger partial charge in [0.1, 0.15) is 11.6 Å². The largest absolute Gasteiger partial charge is 0.370 e. The molecule has 0 radical (unpaired) electrons. The third-order valence-electron chi connectivity index (χ3n) is 3.47. The van der Waals surface area contributed by atoms with Gasteiger partial charge in [-0.25, -0.2) is 9.37 Å². The van der Waals surface area contributed by atoms with E-state index in [1.807, 2.05) is 0 Å². The van der Waals surface area contributed by atoms with Crippen LogP contribution >= 0.6 is 11.6 Å². The first-order valence-corrected chi connectivity index (χ1v) is 7.46. The topological polar surface area (TPSA) is 54.0 Å². The summed E-state index contributed by atoms with van der Waals surface area (Å²) >= 11 is 5.70. The van der Waals surface area contributed by atoms with E-state index in [1.165, 1.54) is 31.0 Å². The quantitative estimate of drug-likeness (QED) is 0.877. The summed E-state index contributed by atoms with van der Waals surface area (Å²) in [7, 11) is 0. The van der Waals surface area contributed by atoms with E-state index in [4.69, 9.17) is 11.6 Å². The lowest BCUT2D eigenvalue weighted by Crippen LogP contribution is -2.13. The van der Waals surface area contributed by atoms with Crippen LogP contribution in [-0.4, -0.2) is 17.4 Å². The van der Waals surface area contributed by atoms with Crippen molar-refractivity contribution in [3.8, 4) is 0 Å². The second kappa shape index (κ2) is 6.32. The Morgan fingerprint density at radius 1 is 1.32 bits per heavy atom. The average molecular weight is 320 g/mol. The minimum Gasteiger partial charge on any atom is -0.370 e. The Kier molecular flexibility index (Phi) is 4.24. The fraction of sp³-hybridized carbons (Fsp3) is 0.250. The molecule has 1 fully saturated rings. The third-order valence-corrected chi connectivity index (χ3v) is 3.76. The van der Waals surface area contributed by atoms with Gasteiger partial charge in [0.2, 0.25) is 0 Å². The number of nitrogens with one attached hydrogen (secondary N) is 2. The highest BCUT2D eigenvalue weighted by Gasteiger charge is 2.20. The van der Waals surface area contributed by atoms with Gasteiger partial charge < -0.3 is 10.6 Å². The average Bonchev–Trinajstić information content (AvgIpc) is 3.33. The molecule has 1 heterocycles. The van der Waals surface area contributed by atoms with Gasteiger partial charge in [-0.15, -0.1) is 0 Å². The molecule has 22 heavy (non-hydrogen) atoms. The Bertz CT molecular complexity index is 704. The van der Waals surface area contributed by atoms with Crippen molar-refractivity contribution in [2.75, 3.05) is 17.2 Å². The SMILES string of the molecule is O=C(Nc1ccc(F)c(Cl)c1)c1ccnc(NCC2CC2)c1. The molecule has 3 rings (SSSR count). The summed E-state index contributed by atoms with van der Waals surface area (Å²) < 4.78 is 13.1. The maximum absolute atomic E-state index is 13.1. The Labute approximate surface area is 132 Å². The molecule has 0 spiro atoms. The summed E-state index contributed by atoms with van der Waals surface area (Å²) in [4.78, 5) is 16.4. The minimum atomic E-state index is -0.518. The number of aromatic nitrogens is 1. The molecule has 0 saturated heterocycles. The summed E-state index contributed by atoms with van der Waals surface area (Å²) in [6, 6.07) is 7.38. The van der Waals surface area contributed by atoms with Crippen molar-refractivity contribution >= 4 is 29.0 Å². The van der Waals surface area contributed by atoms with E-state index in [0.717, 1.165) is 12.5 Å². The van der Waals surface area contributed by atoms with Crippen molar-refractivity contribution in [1.82, 2.24) is 4.98 Å². The zero-order valence-electron chi connectivity index (χ0n) is 11.8. The highest BCUT2D eigenvalue weighted by atomic mass is 35.5. The molecule has 1 aromatic carbocycles. The summed E-state index contributed by atoms with van der Waals surface area (Å²) in [5.74, 6) is 0.590. The fourth-order valence-corrected chi connectivity index (χ4v) is 2.20. The second-order valence-electron chi connectivity index (χ2n) is 5.34. The molecular formula is C16H15ClFN3O. The van der Waals surface area contributed by atoms with Crippen LogP contribution in [-0.2, 0) is 0 Å². The van der Waals surface area contributed by atoms with Gasteiger partial charge in [-0.1, -0.05) is 11.6 Å². The maximum Gasteiger partial charge on any atom is 0.255 e. The van der Waals surface area contributed by atoms with Crippen LogP contribution < -0.4 is 10.6 Å². The second-order valence-corrected chi connectivity index (χ2v) is 5.74. The maximum atomic E-state index is 13.1. The number of pyridine rings is 1. The van der Waals surface area contributed by atoms with Crippen molar-refractivity contribution in [3.63, 3.8) is 0 Å². The first-order chi connectivity index (χ1) is 10.6. The lowest BCUT2D eigenvalue weighted by Gasteiger charge is -2.08. The van der Waals surface area contributed by atoms with Gasteiger partial charge in [-0.2, -0.15) is 0 Å². The predicted octanol–water partition coefficient (Wildman–Crippen LogP) is 3.95. The van der Waals surface area contributed by atoms with E-state index in [1.54, 1.807) is 18.3 Å². The molecule has 0 aliphatic heterocycles. The number of benzene rings is 1. The van der Waals surface area contributed by atoms with E-state index >= 15 is 0 Å². The zero-order valence-corrected chi connectivity index (χ0v) is 12.5. The van der Waals surface area contributed by atoms with Gasteiger partial charge in [-0.05, 0) is 49.1 Å². The van der Waals surface area contributed by atoms with Gasteiger partial charge in [-0.3, -0.25) is 4.79 Å². The predicted molar refractivity (Wildman–Crippen MR) is 84.8 cm³/mol. The molecule has 1 aliphatic rings. The molecule has 0 atom stereocenters. The first-order valence-electron chi connectivity index (χ1n) is 7.08. The number of halogens is 2. The van der Waals surface area contributed by atoms with E-state index in [9.17, 15) is 9.18 Å². The highest BCUT2D eigenvalue weighted by Crippen LogP contribution is 2.28. The molecule has 0 unspecified atom stereocenters. The lowest BCUT2D eigenvalue weighted by molar-refractivity contribution is 0.102. The molecule has 1 aliphatic carbocycles. The van der Waals surface area contributed by atoms with Crippen LogP contribution in [0.3, 0.4) is 0 Å². The molecule has 2 aromatic rings. The van der Waals surface area contributed by atoms with Gasteiger partial charge in [0, 0.05) is 24.0 Å². The van der Waals surface area contributed by atoms with Gasteiger partial charge in [0.25, 0.3) is 5.91 Å². The standard InChI is InChI=1S/C16H15ClFN3O/c17-13-8-12(3-4-14(13)18)21-16(22)11-5-6-19-15(7-11)20-9-10-1-2-10/h3-8,10H,1-2,9H2,(H,19,20)(H,21,22). The number of hydrogen-bond donors (Lipinski definition) is 2. The first kappa shape index (κ1) is 14.8. The highest BCUT2D eigenvalue weighted by molar-refractivity contribution is 6.31. The van der Waals surface area contributed by atoms with Crippen molar-refractivity contribution in [1.29, 1.82) is 0 Å². The van der Waals surface area contributed by atoms with Crippen LogP contribution in [0.4, 0.5) is 15.9 Å². The molecular weight excluding hydrogens is 305 g/mol. The van der Waals surface area contributed by atoms with E-state index < -0.39 is 5.82 Å². The number of carbonyl (C=O) groups excluding carboxylic acids is 1. The Balaban J connectivity index is 1.67. The number of anilines is 2. The summed E-state index contributed by atoms with van der Waals surface area (Å²) in [6.07, 6.45) is 4.08. The number of nitrogens with zero attached hydrogens (tertiary/aromatic N) is 1. The molecule has 2 N–H and O–H groups in total. The van der Waals surface area contributed by atoms with Crippen molar-refractivity contribution in [2.24, 2.45) is 5.92 Å². The monoisotopic (exact) mass is 319 g/mol. The zero-order chi connectivity index (χ0) is 15.5. The van der Waals surface area contributed by atoms with E-state index in [0.29, 0.717) is 17.1 Å². The van der Waals surface area contributed by atoms with Crippen LogP contribution in [0.5, 0.6) is 0 Å². The summed E-state index contributed by atoms with van der Waals surface area (Å²) in [5, 5.41) is 5.88. The molecule has 1 amide bonds. The Morgan fingerprint density at radius 2 is 2.14 bits per heavy atom. The molecule has 1 aromatic heterocycles. The van der Waals surface area contributed by atoms with Gasteiger partial charge in [0.15, 0.2) is 0 Å². The van der Waals surface area contributed by atoms with E-state index in [-0.39, 0.29) is 10.9 Å². The van der Waals surface area contributed by atoms with Gasteiger partial charge >= 0.3 is 0 Å². The number of amides is 1. The van der Waals surface area contributed by atoms with Crippen molar-refractivity contribution < 1.29 is 9.18 Å². The van der Waals surface area contributed by atoms with Gasteiger partial charge in [0.05, 0.1) is 5.02 Å². The van der Waals surface area contributed by atoms with Crippen LogP contribution in [0.15, 0.2) is 36.5 Å². The summed E-state index contributed by atoms with van der Waals surface area (Å²) in [6.45, 7) is 0.881. The molecule has 4 nitrogen and oxygen atoms in total.